The van der Waals surface area contributed by atoms with Gasteiger partial charge in [-0.2, -0.15) is 13.2 Å². The van der Waals surface area contributed by atoms with E-state index in [9.17, 15) is 13.2 Å². The Labute approximate surface area is 71.3 Å². The van der Waals surface area contributed by atoms with E-state index in [0.717, 1.165) is 0 Å². The summed E-state index contributed by atoms with van der Waals surface area (Å²) in [6.45, 7) is 6.21. The van der Waals surface area contributed by atoms with E-state index in [1.807, 2.05) is 20.8 Å². The molecule has 12 heavy (non-hydrogen) atoms. The monoisotopic (exact) mass is 183 g/mol. The molecular weight excluding hydrogens is 167 g/mol. The third-order valence-corrected chi connectivity index (χ3v) is 1.29. The van der Waals surface area contributed by atoms with Gasteiger partial charge in [-0.25, -0.2) is 0 Å². The van der Waals surface area contributed by atoms with Gasteiger partial charge in [0, 0.05) is 12.0 Å². The Morgan fingerprint density at radius 1 is 1.08 bits per heavy atom. The zero-order chi connectivity index (χ0) is 9.83. The minimum absolute atomic E-state index is 0.0917. The zero-order valence-corrected chi connectivity index (χ0v) is 7.76. The molecule has 0 spiro atoms. The van der Waals surface area contributed by atoms with E-state index < -0.39 is 12.6 Å². The Morgan fingerprint density at radius 2 is 1.58 bits per heavy atom. The summed E-state index contributed by atoms with van der Waals surface area (Å²) >= 11 is 0. The molecule has 0 unspecified atom stereocenters. The van der Waals surface area contributed by atoms with Crippen molar-refractivity contribution in [1.29, 1.82) is 0 Å². The van der Waals surface area contributed by atoms with Gasteiger partial charge in [0.25, 0.3) is 0 Å². The number of rotatable bonds is 3. The van der Waals surface area contributed by atoms with E-state index in [4.69, 9.17) is 0 Å². The topological polar surface area (TPSA) is 12.0 Å². The second-order valence-electron chi connectivity index (χ2n) is 3.90. The molecule has 0 saturated carbocycles. The van der Waals surface area contributed by atoms with Crippen LogP contribution in [0.4, 0.5) is 13.2 Å². The Hall–Kier alpha value is -0.250. The average molecular weight is 183 g/mol. The molecule has 1 N–H and O–H groups in total. The first-order valence-corrected chi connectivity index (χ1v) is 4.02. The lowest BCUT2D eigenvalue weighted by Gasteiger charge is -2.20. The summed E-state index contributed by atoms with van der Waals surface area (Å²) in [5, 5.41) is 2.99. The number of nitrogens with one attached hydrogen (secondary N) is 1. The van der Waals surface area contributed by atoms with Crippen LogP contribution in [0.3, 0.4) is 0 Å². The molecule has 0 bridgehead atoms. The van der Waals surface area contributed by atoms with Gasteiger partial charge in [-0.3, -0.25) is 0 Å². The van der Waals surface area contributed by atoms with E-state index in [1.54, 1.807) is 0 Å². The molecule has 0 fully saturated rings. The van der Waals surface area contributed by atoms with Gasteiger partial charge in [0.2, 0.25) is 0 Å². The molecular formula is C8H16F3N. The standard InChI is InChI=1S/C8H16F3N/c1-7(2,3)12-6-4-5-8(9,10)11/h12H,4-6H2,1-3H3. The molecule has 4 heteroatoms. The Balaban J connectivity index is 3.35. The fraction of sp³-hybridized carbons (Fsp3) is 1.00. The van der Waals surface area contributed by atoms with Crippen molar-refractivity contribution < 1.29 is 13.2 Å². The predicted molar refractivity (Wildman–Crippen MR) is 43.0 cm³/mol. The minimum Gasteiger partial charge on any atom is -0.312 e. The van der Waals surface area contributed by atoms with Gasteiger partial charge in [-0.15, -0.1) is 0 Å². The first-order valence-electron chi connectivity index (χ1n) is 4.02. The van der Waals surface area contributed by atoms with Crippen molar-refractivity contribution in [3.8, 4) is 0 Å². The third kappa shape index (κ3) is 9.75. The molecule has 0 saturated heterocycles. The lowest BCUT2D eigenvalue weighted by atomic mass is 10.1. The van der Waals surface area contributed by atoms with Crippen LogP contribution in [0.25, 0.3) is 0 Å². The molecule has 0 atom stereocenters. The maximum absolute atomic E-state index is 11.6. The fourth-order valence-electron chi connectivity index (χ4n) is 0.752. The van der Waals surface area contributed by atoms with Crippen molar-refractivity contribution in [3.63, 3.8) is 0 Å². The molecule has 0 aromatic carbocycles. The maximum atomic E-state index is 11.6. The molecule has 0 amide bonds. The highest BCUT2D eigenvalue weighted by Crippen LogP contribution is 2.20. The van der Waals surface area contributed by atoms with Crippen molar-refractivity contribution in [2.45, 2.75) is 45.3 Å². The van der Waals surface area contributed by atoms with Crippen LogP contribution in [0.5, 0.6) is 0 Å². The molecule has 0 aliphatic rings. The van der Waals surface area contributed by atoms with Crippen LogP contribution in [0.15, 0.2) is 0 Å². The average Bonchev–Trinajstić information content (AvgIpc) is 1.76. The Bertz CT molecular complexity index is 107. The van der Waals surface area contributed by atoms with E-state index in [-0.39, 0.29) is 12.0 Å². The van der Waals surface area contributed by atoms with Crippen LogP contribution in [0.1, 0.15) is 33.6 Å². The van der Waals surface area contributed by atoms with Crippen LogP contribution in [-0.4, -0.2) is 18.3 Å². The predicted octanol–water partition coefficient (Wildman–Crippen LogP) is 2.72. The first kappa shape index (κ1) is 11.8. The van der Waals surface area contributed by atoms with E-state index in [0.29, 0.717) is 6.54 Å². The number of hydrogen-bond acceptors (Lipinski definition) is 1. The van der Waals surface area contributed by atoms with Crippen LogP contribution >= 0.6 is 0 Å². The first-order chi connectivity index (χ1) is 5.21. The van der Waals surface area contributed by atoms with Gasteiger partial charge in [-0.05, 0) is 33.7 Å². The molecule has 0 aromatic heterocycles. The minimum atomic E-state index is -4.01. The molecule has 0 heterocycles. The Kier molecular flexibility index (Phi) is 4.03. The van der Waals surface area contributed by atoms with Crippen molar-refractivity contribution in [1.82, 2.24) is 5.32 Å². The maximum Gasteiger partial charge on any atom is 0.389 e. The molecule has 0 aromatic rings. The van der Waals surface area contributed by atoms with Crippen molar-refractivity contribution in [2.24, 2.45) is 0 Å². The van der Waals surface area contributed by atoms with E-state index >= 15 is 0 Å². The smallest absolute Gasteiger partial charge is 0.312 e. The summed E-state index contributed by atoms with van der Waals surface area (Å²) < 4.78 is 34.9. The third-order valence-electron chi connectivity index (χ3n) is 1.29. The van der Waals surface area contributed by atoms with Gasteiger partial charge in [-0.1, -0.05) is 0 Å². The molecule has 1 nitrogen and oxygen atoms in total. The van der Waals surface area contributed by atoms with Gasteiger partial charge < -0.3 is 5.32 Å². The fourth-order valence-corrected chi connectivity index (χ4v) is 0.752. The van der Waals surface area contributed by atoms with Crippen molar-refractivity contribution in [3.05, 3.63) is 0 Å². The summed E-state index contributed by atoms with van der Waals surface area (Å²) in [6.07, 6.45) is -4.56. The summed E-state index contributed by atoms with van der Waals surface area (Å²) in [5.74, 6) is 0. The molecule has 0 rings (SSSR count). The lowest BCUT2D eigenvalue weighted by molar-refractivity contribution is -0.135. The van der Waals surface area contributed by atoms with Crippen molar-refractivity contribution in [2.75, 3.05) is 6.54 Å². The van der Waals surface area contributed by atoms with Crippen LogP contribution in [-0.2, 0) is 0 Å². The normalized spacial score (nSPS) is 13.5. The Morgan fingerprint density at radius 3 is 1.92 bits per heavy atom. The van der Waals surface area contributed by atoms with Gasteiger partial charge in [0.15, 0.2) is 0 Å². The number of halogens is 3. The van der Waals surface area contributed by atoms with Gasteiger partial charge >= 0.3 is 6.18 Å². The highest BCUT2D eigenvalue weighted by molar-refractivity contribution is 4.69. The molecule has 0 radical (unpaired) electrons. The van der Waals surface area contributed by atoms with E-state index in [1.165, 1.54) is 0 Å². The van der Waals surface area contributed by atoms with Crippen LogP contribution < -0.4 is 5.32 Å². The summed E-state index contributed by atoms with van der Waals surface area (Å²) in [6, 6.07) is 0. The summed E-state index contributed by atoms with van der Waals surface area (Å²) in [7, 11) is 0. The molecule has 0 aliphatic carbocycles. The highest BCUT2D eigenvalue weighted by Gasteiger charge is 2.26. The second kappa shape index (κ2) is 4.12. The molecule has 74 valence electrons. The lowest BCUT2D eigenvalue weighted by Crippen LogP contribution is -2.36. The number of alkyl halides is 3. The van der Waals surface area contributed by atoms with Crippen LogP contribution in [0.2, 0.25) is 0 Å². The highest BCUT2D eigenvalue weighted by atomic mass is 19.4. The molecule has 0 aliphatic heterocycles. The van der Waals surface area contributed by atoms with Crippen LogP contribution in [0, 0.1) is 0 Å². The van der Waals surface area contributed by atoms with Crippen molar-refractivity contribution >= 4 is 0 Å². The second-order valence-corrected chi connectivity index (χ2v) is 3.90. The SMILES string of the molecule is CC(C)(C)NCCCC(F)(F)F. The largest absolute Gasteiger partial charge is 0.389 e. The van der Waals surface area contributed by atoms with Gasteiger partial charge in [0.05, 0.1) is 0 Å². The zero-order valence-electron chi connectivity index (χ0n) is 7.76. The number of hydrogen-bond donors (Lipinski definition) is 1. The van der Waals surface area contributed by atoms with E-state index in [2.05, 4.69) is 5.32 Å². The summed E-state index contributed by atoms with van der Waals surface area (Å²) in [4.78, 5) is 0. The quantitative estimate of drug-likeness (QED) is 0.663. The van der Waals surface area contributed by atoms with Gasteiger partial charge in [0.1, 0.15) is 0 Å². The summed E-state index contributed by atoms with van der Waals surface area (Å²) in [5.41, 5.74) is -0.0917.